The van der Waals surface area contributed by atoms with Gasteiger partial charge in [0.2, 0.25) is 0 Å². The van der Waals surface area contributed by atoms with E-state index in [-0.39, 0.29) is 17.2 Å². The number of carbonyl (C=O) groups is 2. The van der Waals surface area contributed by atoms with Gasteiger partial charge in [0.25, 0.3) is 0 Å². The fourth-order valence-electron chi connectivity index (χ4n) is 4.37. The molecule has 1 aliphatic rings. The molecule has 1 fully saturated rings. The molecule has 3 aromatic heterocycles. The molecule has 3 heterocycles. The van der Waals surface area contributed by atoms with Crippen molar-refractivity contribution in [3.63, 3.8) is 0 Å². The largest absolute Gasteiger partial charge is 0.413 e. The average Bonchev–Trinajstić information content (AvgIpc) is 3.44. The molecular weight excluding hydrogens is 424 g/mol. The van der Waals surface area contributed by atoms with E-state index < -0.39 is 6.09 Å². The van der Waals surface area contributed by atoms with Crippen LogP contribution in [0, 0.1) is 5.41 Å². The van der Waals surface area contributed by atoms with E-state index >= 15 is 0 Å². The summed E-state index contributed by atoms with van der Waals surface area (Å²) in [6.45, 7) is 6.13. The first-order chi connectivity index (χ1) is 15.4. The Labute approximate surface area is 192 Å². The van der Waals surface area contributed by atoms with Gasteiger partial charge in [-0.3, -0.25) is 4.79 Å². The van der Waals surface area contributed by atoms with Crippen molar-refractivity contribution in [1.82, 2.24) is 20.3 Å². The van der Waals surface area contributed by atoms with E-state index in [2.05, 4.69) is 22.2 Å². The third kappa shape index (κ3) is 4.55. The fourth-order valence-corrected chi connectivity index (χ4v) is 5.12. The van der Waals surface area contributed by atoms with Crippen LogP contribution in [0.1, 0.15) is 76.1 Å². The highest BCUT2D eigenvalue weighted by atomic mass is 32.1. The minimum absolute atomic E-state index is 0.103. The van der Waals surface area contributed by atoms with E-state index in [1.807, 2.05) is 19.2 Å². The number of nitrogens with zero attached hydrogens (tertiary/aromatic N) is 2. The Bertz CT molecular complexity index is 1110. The predicted molar refractivity (Wildman–Crippen MR) is 126 cm³/mol. The average molecular weight is 455 g/mol. The Morgan fingerprint density at radius 3 is 2.72 bits per heavy atom. The number of H-pyrrole nitrogens is 1. The standard InChI is InChI=1S/C24H30N4O3S/c1-4-16(5-2)27-23(30)31-19-11-15(14-32-19)18-13-26-22-20(28-18)17(12-25-22)21(29)24(3)9-7-6-8-10-24/h11-14,16H,4-10H2,1-3H3,(H,25,26)(H,27,30). The first-order valence-corrected chi connectivity index (χ1v) is 12.3. The topological polar surface area (TPSA) is 97.0 Å². The van der Waals surface area contributed by atoms with Crippen LogP contribution in [0.2, 0.25) is 0 Å². The van der Waals surface area contributed by atoms with E-state index in [9.17, 15) is 9.59 Å². The lowest BCUT2D eigenvalue weighted by atomic mass is 9.71. The number of aromatic nitrogens is 3. The Hall–Kier alpha value is -2.74. The van der Waals surface area contributed by atoms with Gasteiger partial charge < -0.3 is 15.0 Å². The van der Waals surface area contributed by atoms with Crippen LogP contribution < -0.4 is 10.1 Å². The van der Waals surface area contributed by atoms with Gasteiger partial charge in [-0.25, -0.2) is 14.8 Å². The first-order valence-electron chi connectivity index (χ1n) is 11.4. The smallest absolute Gasteiger partial charge is 0.399 e. The van der Waals surface area contributed by atoms with Crippen LogP contribution >= 0.6 is 11.3 Å². The molecule has 0 aromatic carbocycles. The number of carbonyl (C=O) groups excluding carboxylic acids is 2. The Balaban J connectivity index is 1.55. The maximum Gasteiger partial charge on any atom is 0.413 e. The van der Waals surface area contributed by atoms with Crippen molar-refractivity contribution in [3.8, 4) is 16.3 Å². The van der Waals surface area contributed by atoms with Crippen LogP contribution in [0.3, 0.4) is 0 Å². The molecule has 4 rings (SSSR count). The molecule has 32 heavy (non-hydrogen) atoms. The highest BCUT2D eigenvalue weighted by Crippen LogP contribution is 2.40. The van der Waals surface area contributed by atoms with Crippen LogP contribution in [0.25, 0.3) is 22.4 Å². The Morgan fingerprint density at radius 1 is 1.25 bits per heavy atom. The molecule has 1 saturated carbocycles. The quantitative estimate of drug-likeness (QED) is 0.419. The van der Waals surface area contributed by atoms with E-state index in [4.69, 9.17) is 9.72 Å². The number of hydrogen-bond donors (Lipinski definition) is 2. The minimum Gasteiger partial charge on any atom is -0.399 e. The van der Waals surface area contributed by atoms with Gasteiger partial charge in [-0.2, -0.15) is 0 Å². The summed E-state index contributed by atoms with van der Waals surface area (Å²) in [7, 11) is 0. The number of Topliss-reactive ketones (excluding diaryl/α,β-unsaturated/α-hetero) is 1. The molecule has 0 bridgehead atoms. The molecule has 0 spiro atoms. The van der Waals surface area contributed by atoms with Gasteiger partial charge in [0.05, 0.1) is 17.5 Å². The summed E-state index contributed by atoms with van der Waals surface area (Å²) in [4.78, 5) is 37.8. The number of fused-ring (bicyclic) bond motifs is 1. The molecule has 0 saturated heterocycles. The summed E-state index contributed by atoms with van der Waals surface area (Å²) < 4.78 is 5.44. The normalized spacial score (nSPS) is 15.8. The summed E-state index contributed by atoms with van der Waals surface area (Å²) in [6, 6.07) is 1.88. The molecule has 0 unspecified atom stereocenters. The molecule has 7 nitrogen and oxygen atoms in total. The molecular formula is C24H30N4O3S. The Morgan fingerprint density at radius 2 is 2.00 bits per heavy atom. The van der Waals surface area contributed by atoms with E-state index in [1.54, 1.807) is 18.5 Å². The van der Waals surface area contributed by atoms with Crippen molar-refractivity contribution in [1.29, 1.82) is 0 Å². The zero-order valence-electron chi connectivity index (χ0n) is 18.9. The van der Waals surface area contributed by atoms with Gasteiger partial charge in [-0.1, -0.05) is 40.0 Å². The molecule has 0 aliphatic heterocycles. The lowest BCUT2D eigenvalue weighted by Crippen LogP contribution is -2.35. The second-order valence-electron chi connectivity index (χ2n) is 8.81. The first kappa shape index (κ1) is 22.5. The molecule has 3 aromatic rings. The van der Waals surface area contributed by atoms with Crippen LogP contribution in [0.5, 0.6) is 5.06 Å². The Kier molecular flexibility index (Phi) is 6.60. The summed E-state index contributed by atoms with van der Waals surface area (Å²) in [5.74, 6) is 0.141. The molecule has 170 valence electrons. The summed E-state index contributed by atoms with van der Waals surface area (Å²) in [5.41, 5.74) is 2.92. The number of thiophene rings is 1. The summed E-state index contributed by atoms with van der Waals surface area (Å²) in [5, 5.41) is 5.24. The van der Waals surface area contributed by atoms with Crippen LogP contribution in [0.4, 0.5) is 4.79 Å². The lowest BCUT2D eigenvalue weighted by molar-refractivity contribution is 0.0751. The van der Waals surface area contributed by atoms with Crippen molar-refractivity contribution in [2.75, 3.05) is 0 Å². The number of ether oxygens (including phenoxy) is 1. The van der Waals surface area contributed by atoms with Crippen LogP contribution in [-0.4, -0.2) is 32.9 Å². The minimum atomic E-state index is -0.451. The second kappa shape index (κ2) is 9.40. The molecule has 8 heteroatoms. The van der Waals surface area contributed by atoms with Crippen LogP contribution in [-0.2, 0) is 0 Å². The molecule has 0 radical (unpaired) electrons. The zero-order valence-corrected chi connectivity index (χ0v) is 19.7. The second-order valence-corrected chi connectivity index (χ2v) is 9.68. The zero-order chi connectivity index (χ0) is 22.7. The molecule has 1 aliphatic carbocycles. The van der Waals surface area contributed by atoms with Crippen molar-refractivity contribution < 1.29 is 14.3 Å². The van der Waals surface area contributed by atoms with E-state index in [0.29, 0.717) is 27.5 Å². The van der Waals surface area contributed by atoms with Gasteiger partial charge in [0.1, 0.15) is 5.52 Å². The SMILES string of the molecule is CCC(CC)NC(=O)Oc1cc(-c2cnc3[nH]cc(C(=O)C4(C)CCCCC4)c3n2)cs1. The van der Waals surface area contributed by atoms with Gasteiger partial charge in [0.15, 0.2) is 16.5 Å². The van der Waals surface area contributed by atoms with Gasteiger partial charge >= 0.3 is 6.09 Å². The van der Waals surface area contributed by atoms with E-state index in [0.717, 1.165) is 44.1 Å². The lowest BCUT2D eigenvalue weighted by Gasteiger charge is -2.31. The molecule has 0 atom stereocenters. The monoisotopic (exact) mass is 454 g/mol. The van der Waals surface area contributed by atoms with Gasteiger partial charge in [0, 0.05) is 34.7 Å². The van der Waals surface area contributed by atoms with Gasteiger partial charge in [-0.15, -0.1) is 11.3 Å². The number of amides is 1. The number of aromatic amines is 1. The third-order valence-corrected chi connectivity index (χ3v) is 7.31. The van der Waals surface area contributed by atoms with Crippen LogP contribution in [0.15, 0.2) is 23.8 Å². The summed E-state index contributed by atoms with van der Waals surface area (Å²) >= 11 is 1.33. The van der Waals surface area contributed by atoms with Crippen molar-refractivity contribution in [2.24, 2.45) is 5.41 Å². The fraction of sp³-hybridized carbons (Fsp3) is 0.500. The maximum atomic E-state index is 13.4. The summed E-state index contributed by atoms with van der Waals surface area (Å²) in [6.07, 6.45) is 9.86. The van der Waals surface area contributed by atoms with Crippen molar-refractivity contribution in [3.05, 3.63) is 29.4 Å². The van der Waals surface area contributed by atoms with Gasteiger partial charge in [-0.05, 0) is 25.7 Å². The van der Waals surface area contributed by atoms with E-state index in [1.165, 1.54) is 17.8 Å². The molecule has 1 amide bonds. The maximum absolute atomic E-state index is 13.4. The molecule has 2 N–H and O–H groups in total. The third-order valence-electron chi connectivity index (χ3n) is 6.50. The number of nitrogens with one attached hydrogen (secondary N) is 2. The number of hydrogen-bond acceptors (Lipinski definition) is 6. The van der Waals surface area contributed by atoms with Crippen molar-refractivity contribution in [2.45, 2.75) is 71.8 Å². The highest BCUT2D eigenvalue weighted by molar-refractivity contribution is 7.12. The predicted octanol–water partition coefficient (Wildman–Crippen LogP) is 6.12. The number of ketones is 1. The van der Waals surface area contributed by atoms with Crippen molar-refractivity contribution >= 4 is 34.4 Å². The highest BCUT2D eigenvalue weighted by Gasteiger charge is 2.36. The number of rotatable bonds is 7.